The summed E-state index contributed by atoms with van der Waals surface area (Å²) in [5, 5.41) is 13.4. The number of aromatic nitrogens is 3. The zero-order valence-electron chi connectivity index (χ0n) is 11.3. The summed E-state index contributed by atoms with van der Waals surface area (Å²) in [6, 6.07) is 2.71. The molecule has 0 aliphatic heterocycles. The molecule has 1 N–H and O–H groups in total. The van der Waals surface area contributed by atoms with Gasteiger partial charge in [-0.1, -0.05) is 0 Å². The van der Waals surface area contributed by atoms with Crippen LogP contribution in [0.4, 0.5) is 5.82 Å². The number of aryl methyl sites for hydroxylation is 1. The molecule has 0 spiro atoms. The minimum absolute atomic E-state index is 0.266. The summed E-state index contributed by atoms with van der Waals surface area (Å²) in [6.07, 6.45) is 8.05. The van der Waals surface area contributed by atoms with Crippen LogP contribution in [0.15, 0.2) is 18.5 Å². The van der Waals surface area contributed by atoms with E-state index in [0.717, 1.165) is 36.4 Å². The molecule has 0 radical (unpaired) electrons. The van der Waals surface area contributed by atoms with Crippen LogP contribution in [0.3, 0.4) is 0 Å². The highest BCUT2D eigenvalue weighted by Gasteiger charge is 2.30. The van der Waals surface area contributed by atoms with E-state index in [-0.39, 0.29) is 6.61 Å². The SMILES string of the molecule is Cc1cc2c(N(CCCCO)C3CC3)nccn2n1. The molecule has 0 atom stereocenters. The highest BCUT2D eigenvalue weighted by atomic mass is 16.2. The van der Waals surface area contributed by atoms with Crippen molar-refractivity contribution in [3.8, 4) is 0 Å². The molecule has 102 valence electrons. The molecule has 19 heavy (non-hydrogen) atoms. The molecule has 0 unspecified atom stereocenters. The Morgan fingerprint density at radius 2 is 2.26 bits per heavy atom. The van der Waals surface area contributed by atoms with Crippen molar-refractivity contribution in [1.82, 2.24) is 14.6 Å². The molecule has 2 heterocycles. The van der Waals surface area contributed by atoms with Crippen LogP contribution in [0, 0.1) is 6.92 Å². The molecule has 0 bridgehead atoms. The van der Waals surface area contributed by atoms with E-state index < -0.39 is 0 Å². The molecule has 2 aromatic rings. The molecule has 3 rings (SSSR count). The lowest BCUT2D eigenvalue weighted by Crippen LogP contribution is -2.28. The van der Waals surface area contributed by atoms with Crippen molar-refractivity contribution in [3.63, 3.8) is 0 Å². The van der Waals surface area contributed by atoms with Crippen LogP contribution < -0.4 is 4.90 Å². The summed E-state index contributed by atoms with van der Waals surface area (Å²) >= 11 is 0. The van der Waals surface area contributed by atoms with Gasteiger partial charge in [0.1, 0.15) is 5.52 Å². The van der Waals surface area contributed by atoms with Crippen LogP contribution in [-0.2, 0) is 0 Å². The minimum atomic E-state index is 0.266. The van der Waals surface area contributed by atoms with E-state index in [9.17, 15) is 0 Å². The molecule has 1 saturated carbocycles. The normalized spacial score (nSPS) is 15.1. The third-order valence-electron chi connectivity index (χ3n) is 3.56. The summed E-state index contributed by atoms with van der Waals surface area (Å²) in [5.41, 5.74) is 2.09. The lowest BCUT2D eigenvalue weighted by molar-refractivity contribution is 0.285. The third kappa shape index (κ3) is 2.56. The zero-order chi connectivity index (χ0) is 13.2. The van der Waals surface area contributed by atoms with E-state index in [1.165, 1.54) is 12.8 Å². The van der Waals surface area contributed by atoms with Gasteiger partial charge in [0.15, 0.2) is 5.82 Å². The summed E-state index contributed by atoms with van der Waals surface area (Å²) < 4.78 is 1.90. The zero-order valence-corrected chi connectivity index (χ0v) is 11.3. The number of nitrogens with zero attached hydrogens (tertiary/aromatic N) is 4. The first-order valence-electron chi connectivity index (χ1n) is 6.98. The van der Waals surface area contributed by atoms with Gasteiger partial charge < -0.3 is 10.0 Å². The van der Waals surface area contributed by atoms with Crippen molar-refractivity contribution < 1.29 is 5.11 Å². The second-order valence-electron chi connectivity index (χ2n) is 5.22. The molecule has 2 aromatic heterocycles. The standard InChI is InChI=1S/C14H20N4O/c1-11-10-13-14(15-6-8-18(13)16-11)17(12-4-5-12)7-2-3-9-19/h6,8,10,12,19H,2-5,7,9H2,1H3. The molecule has 1 aliphatic rings. The van der Waals surface area contributed by atoms with E-state index >= 15 is 0 Å². The number of hydrogen-bond donors (Lipinski definition) is 1. The number of unbranched alkanes of at least 4 members (excludes halogenated alkanes) is 1. The second kappa shape index (κ2) is 5.17. The maximum atomic E-state index is 8.93. The molecular weight excluding hydrogens is 240 g/mol. The fourth-order valence-electron chi connectivity index (χ4n) is 2.49. The van der Waals surface area contributed by atoms with Crippen molar-refractivity contribution in [3.05, 3.63) is 24.2 Å². The maximum Gasteiger partial charge on any atom is 0.154 e. The Kier molecular flexibility index (Phi) is 3.38. The van der Waals surface area contributed by atoms with Crippen LogP contribution in [0.2, 0.25) is 0 Å². The quantitative estimate of drug-likeness (QED) is 0.804. The Morgan fingerprint density at radius 3 is 3.00 bits per heavy atom. The molecule has 5 nitrogen and oxygen atoms in total. The van der Waals surface area contributed by atoms with Gasteiger partial charge in [-0.25, -0.2) is 9.50 Å². The van der Waals surface area contributed by atoms with Gasteiger partial charge in [0.25, 0.3) is 0 Å². The molecule has 0 aromatic carbocycles. The van der Waals surface area contributed by atoms with Crippen molar-refractivity contribution in [1.29, 1.82) is 0 Å². The first-order valence-corrected chi connectivity index (χ1v) is 6.98. The van der Waals surface area contributed by atoms with E-state index in [1.807, 2.05) is 23.8 Å². The van der Waals surface area contributed by atoms with Crippen LogP contribution in [0.1, 0.15) is 31.4 Å². The van der Waals surface area contributed by atoms with E-state index in [2.05, 4.69) is 21.0 Å². The average molecular weight is 260 g/mol. The fraction of sp³-hybridized carbons (Fsp3) is 0.571. The Hall–Kier alpha value is -1.62. The Morgan fingerprint density at radius 1 is 1.42 bits per heavy atom. The van der Waals surface area contributed by atoms with Gasteiger partial charge in [0, 0.05) is 31.6 Å². The van der Waals surface area contributed by atoms with E-state index in [4.69, 9.17) is 5.11 Å². The molecule has 1 fully saturated rings. The number of fused-ring (bicyclic) bond motifs is 1. The average Bonchev–Trinajstić information content (AvgIpc) is 3.15. The number of anilines is 1. The summed E-state index contributed by atoms with van der Waals surface area (Å²) in [7, 11) is 0. The summed E-state index contributed by atoms with van der Waals surface area (Å²) in [6.45, 7) is 3.23. The Bertz CT molecular complexity index is 562. The number of aliphatic hydroxyl groups is 1. The van der Waals surface area contributed by atoms with Gasteiger partial charge in [-0.3, -0.25) is 0 Å². The maximum absolute atomic E-state index is 8.93. The number of aliphatic hydroxyl groups excluding tert-OH is 1. The van der Waals surface area contributed by atoms with Crippen LogP contribution >= 0.6 is 0 Å². The predicted molar refractivity (Wildman–Crippen MR) is 74.4 cm³/mol. The fourth-order valence-corrected chi connectivity index (χ4v) is 2.49. The largest absolute Gasteiger partial charge is 0.396 e. The van der Waals surface area contributed by atoms with Gasteiger partial charge in [0.05, 0.1) is 5.69 Å². The topological polar surface area (TPSA) is 53.7 Å². The van der Waals surface area contributed by atoms with Gasteiger partial charge >= 0.3 is 0 Å². The smallest absolute Gasteiger partial charge is 0.154 e. The molecule has 1 aliphatic carbocycles. The van der Waals surface area contributed by atoms with Gasteiger partial charge in [-0.05, 0) is 38.7 Å². The van der Waals surface area contributed by atoms with Crippen LogP contribution in [0.5, 0.6) is 0 Å². The van der Waals surface area contributed by atoms with Crippen LogP contribution in [0.25, 0.3) is 5.52 Å². The lowest BCUT2D eigenvalue weighted by Gasteiger charge is -2.23. The highest BCUT2D eigenvalue weighted by Crippen LogP contribution is 2.33. The summed E-state index contributed by atoms with van der Waals surface area (Å²) in [4.78, 5) is 6.94. The predicted octanol–water partition coefficient (Wildman–Crippen LogP) is 1.78. The van der Waals surface area contributed by atoms with E-state index in [1.54, 1.807) is 0 Å². The Labute approximate surface area is 112 Å². The third-order valence-corrected chi connectivity index (χ3v) is 3.56. The highest BCUT2D eigenvalue weighted by molar-refractivity contribution is 5.69. The van der Waals surface area contributed by atoms with Gasteiger partial charge in [-0.15, -0.1) is 0 Å². The first kappa shape index (κ1) is 12.4. The van der Waals surface area contributed by atoms with Gasteiger partial charge in [-0.2, -0.15) is 5.10 Å². The van der Waals surface area contributed by atoms with Crippen LogP contribution in [-0.4, -0.2) is 38.9 Å². The van der Waals surface area contributed by atoms with Crippen molar-refractivity contribution in [2.24, 2.45) is 0 Å². The molecule has 0 saturated heterocycles. The van der Waals surface area contributed by atoms with Crippen molar-refractivity contribution in [2.75, 3.05) is 18.1 Å². The lowest BCUT2D eigenvalue weighted by atomic mass is 10.3. The first-order chi connectivity index (χ1) is 9.29. The number of rotatable bonds is 6. The van der Waals surface area contributed by atoms with Gasteiger partial charge in [0.2, 0.25) is 0 Å². The minimum Gasteiger partial charge on any atom is -0.396 e. The monoisotopic (exact) mass is 260 g/mol. The molecule has 0 amide bonds. The van der Waals surface area contributed by atoms with E-state index in [0.29, 0.717) is 6.04 Å². The van der Waals surface area contributed by atoms with Crippen molar-refractivity contribution in [2.45, 2.75) is 38.6 Å². The molecular formula is C14H20N4O. The second-order valence-corrected chi connectivity index (χ2v) is 5.22. The number of hydrogen-bond acceptors (Lipinski definition) is 4. The van der Waals surface area contributed by atoms with Crippen molar-refractivity contribution >= 4 is 11.3 Å². The molecule has 5 heteroatoms. The Balaban J connectivity index is 1.90. The summed E-state index contributed by atoms with van der Waals surface area (Å²) in [5.74, 6) is 1.03.